The number of hydrogen-bond donors (Lipinski definition) is 2. The second-order valence-electron chi connectivity index (χ2n) is 7.38. The molecule has 162 valence electrons. The van der Waals surface area contributed by atoms with Crippen molar-refractivity contribution in [3.63, 3.8) is 0 Å². The highest BCUT2D eigenvalue weighted by Gasteiger charge is 2.22. The maximum Gasteiger partial charge on any atom is 0.306 e. The first-order valence-corrected chi connectivity index (χ1v) is 10.4. The van der Waals surface area contributed by atoms with E-state index in [2.05, 4.69) is 39.8 Å². The van der Waals surface area contributed by atoms with Crippen molar-refractivity contribution in [3.8, 4) is 22.4 Å². The van der Waals surface area contributed by atoms with E-state index in [0.717, 1.165) is 22.3 Å². The molecule has 5 nitrogen and oxygen atoms in total. The number of aromatic amines is 1. The summed E-state index contributed by atoms with van der Waals surface area (Å²) in [7, 11) is 1.37. The Kier molecular flexibility index (Phi) is 6.72. The highest BCUT2D eigenvalue weighted by atomic mass is 19.1. The summed E-state index contributed by atoms with van der Waals surface area (Å²) in [6, 6.07) is 24.6. The smallest absolute Gasteiger partial charge is 0.306 e. The Labute approximate surface area is 186 Å². The van der Waals surface area contributed by atoms with Crippen LogP contribution in [0.4, 0.5) is 4.39 Å². The van der Waals surface area contributed by atoms with Crippen LogP contribution >= 0.6 is 0 Å². The average Bonchev–Trinajstić information content (AvgIpc) is 3.32. The van der Waals surface area contributed by atoms with Crippen molar-refractivity contribution < 1.29 is 13.9 Å². The zero-order valence-electron chi connectivity index (χ0n) is 17.7. The SMILES string of the molecule is COC(=O)CCNC(c1ccc(-c2ccccc2)cc1)c1cn[nH]c1-c1ccccc1F. The van der Waals surface area contributed by atoms with Crippen LogP contribution in [0.15, 0.2) is 85.1 Å². The minimum absolute atomic E-state index is 0.224. The summed E-state index contributed by atoms with van der Waals surface area (Å²) in [6.45, 7) is 0.402. The molecular formula is C26H24FN3O2. The van der Waals surface area contributed by atoms with Gasteiger partial charge >= 0.3 is 5.97 Å². The number of carbonyl (C=O) groups excluding carboxylic acids is 1. The standard InChI is InChI=1S/C26H24FN3O2/c1-32-24(31)15-16-28-25(20-13-11-19(12-14-20)18-7-3-2-4-8-18)22-17-29-30-26(22)21-9-5-6-10-23(21)27/h2-14,17,25,28H,15-16H2,1H3,(H,29,30). The Hall–Kier alpha value is -3.77. The number of esters is 1. The third-order valence-corrected chi connectivity index (χ3v) is 5.38. The first-order valence-electron chi connectivity index (χ1n) is 10.4. The molecule has 0 bridgehead atoms. The van der Waals surface area contributed by atoms with Crippen LogP contribution in [0.5, 0.6) is 0 Å². The van der Waals surface area contributed by atoms with Crippen molar-refractivity contribution in [2.75, 3.05) is 13.7 Å². The monoisotopic (exact) mass is 429 g/mol. The number of rotatable bonds is 8. The molecule has 32 heavy (non-hydrogen) atoms. The summed E-state index contributed by atoms with van der Waals surface area (Å²) in [5.41, 5.74) is 5.06. The second kappa shape index (κ2) is 10.0. The number of methoxy groups -OCH3 is 1. The number of carbonyl (C=O) groups is 1. The van der Waals surface area contributed by atoms with Gasteiger partial charge < -0.3 is 10.1 Å². The molecule has 0 radical (unpaired) electrons. The van der Waals surface area contributed by atoms with Gasteiger partial charge in [0.15, 0.2) is 0 Å². The molecule has 0 aliphatic heterocycles. The Morgan fingerprint density at radius 1 is 1.00 bits per heavy atom. The van der Waals surface area contributed by atoms with Crippen LogP contribution < -0.4 is 5.32 Å². The second-order valence-corrected chi connectivity index (χ2v) is 7.38. The molecule has 2 N–H and O–H groups in total. The van der Waals surface area contributed by atoms with Crippen molar-refractivity contribution >= 4 is 5.97 Å². The summed E-state index contributed by atoms with van der Waals surface area (Å²) in [5.74, 6) is -0.622. The number of aromatic nitrogens is 2. The molecule has 0 amide bonds. The van der Waals surface area contributed by atoms with E-state index >= 15 is 0 Å². The van der Waals surface area contributed by atoms with E-state index in [1.165, 1.54) is 13.2 Å². The largest absolute Gasteiger partial charge is 0.469 e. The van der Waals surface area contributed by atoms with Gasteiger partial charge in [-0.1, -0.05) is 66.7 Å². The fourth-order valence-corrected chi connectivity index (χ4v) is 3.72. The summed E-state index contributed by atoms with van der Waals surface area (Å²) in [6.07, 6.45) is 1.92. The van der Waals surface area contributed by atoms with Gasteiger partial charge in [-0.05, 0) is 28.8 Å². The zero-order valence-corrected chi connectivity index (χ0v) is 17.7. The van der Waals surface area contributed by atoms with Crippen LogP contribution in [-0.4, -0.2) is 29.8 Å². The molecule has 0 fully saturated rings. The molecular weight excluding hydrogens is 405 g/mol. The van der Waals surface area contributed by atoms with Crippen LogP contribution in [-0.2, 0) is 9.53 Å². The lowest BCUT2D eigenvalue weighted by molar-refractivity contribution is -0.140. The topological polar surface area (TPSA) is 67.0 Å². The van der Waals surface area contributed by atoms with Gasteiger partial charge in [-0.3, -0.25) is 9.89 Å². The van der Waals surface area contributed by atoms with Crippen LogP contribution in [0.1, 0.15) is 23.6 Å². The Morgan fingerprint density at radius 3 is 2.41 bits per heavy atom. The number of H-pyrrole nitrogens is 1. The van der Waals surface area contributed by atoms with Gasteiger partial charge in [0.2, 0.25) is 0 Å². The summed E-state index contributed by atoms with van der Waals surface area (Å²) in [4.78, 5) is 11.6. The van der Waals surface area contributed by atoms with Crippen LogP contribution in [0, 0.1) is 5.82 Å². The molecule has 0 saturated carbocycles. The van der Waals surface area contributed by atoms with Crippen molar-refractivity contribution in [2.24, 2.45) is 0 Å². The highest BCUT2D eigenvalue weighted by Crippen LogP contribution is 2.32. The van der Waals surface area contributed by atoms with Crippen molar-refractivity contribution in [1.82, 2.24) is 15.5 Å². The van der Waals surface area contributed by atoms with E-state index in [9.17, 15) is 9.18 Å². The average molecular weight is 429 g/mol. The molecule has 1 atom stereocenters. The maximum atomic E-state index is 14.5. The molecule has 0 spiro atoms. The fourth-order valence-electron chi connectivity index (χ4n) is 3.72. The van der Waals surface area contributed by atoms with Gasteiger partial charge in [-0.2, -0.15) is 5.10 Å². The lowest BCUT2D eigenvalue weighted by atomic mass is 9.94. The molecule has 3 aromatic carbocycles. The predicted octanol–water partition coefficient (Wildman–Crippen LogP) is 5.12. The van der Waals surface area contributed by atoms with Gasteiger partial charge in [0, 0.05) is 17.7 Å². The van der Waals surface area contributed by atoms with Crippen LogP contribution in [0.2, 0.25) is 0 Å². The fraction of sp³-hybridized carbons (Fsp3) is 0.154. The van der Waals surface area contributed by atoms with Crippen molar-refractivity contribution in [1.29, 1.82) is 0 Å². The predicted molar refractivity (Wildman–Crippen MR) is 122 cm³/mol. The molecule has 1 aromatic heterocycles. The third kappa shape index (κ3) is 4.76. The molecule has 0 aliphatic carbocycles. The number of hydrogen-bond acceptors (Lipinski definition) is 4. The molecule has 1 heterocycles. The van der Waals surface area contributed by atoms with Gasteiger partial charge in [0.05, 0.1) is 31.5 Å². The molecule has 0 aliphatic rings. The van der Waals surface area contributed by atoms with E-state index in [-0.39, 0.29) is 24.2 Å². The minimum Gasteiger partial charge on any atom is -0.469 e. The number of nitrogens with one attached hydrogen (secondary N) is 2. The number of halogens is 1. The minimum atomic E-state index is -0.328. The lowest BCUT2D eigenvalue weighted by Gasteiger charge is -2.20. The van der Waals surface area contributed by atoms with E-state index in [1.807, 2.05) is 30.3 Å². The number of nitrogens with zero attached hydrogens (tertiary/aromatic N) is 1. The third-order valence-electron chi connectivity index (χ3n) is 5.38. The maximum absolute atomic E-state index is 14.5. The Balaban J connectivity index is 1.68. The van der Waals surface area contributed by atoms with Gasteiger partial charge in [0.25, 0.3) is 0 Å². The number of benzene rings is 3. The van der Waals surface area contributed by atoms with E-state index < -0.39 is 0 Å². The Morgan fingerprint density at radius 2 is 1.69 bits per heavy atom. The summed E-state index contributed by atoms with van der Waals surface area (Å²) < 4.78 is 19.3. The van der Waals surface area contributed by atoms with Gasteiger partial charge in [-0.25, -0.2) is 4.39 Å². The molecule has 0 saturated heterocycles. The summed E-state index contributed by atoms with van der Waals surface area (Å²) >= 11 is 0. The van der Waals surface area contributed by atoms with E-state index in [4.69, 9.17) is 4.74 Å². The Bertz CT molecular complexity index is 1170. The quantitative estimate of drug-likeness (QED) is 0.381. The van der Waals surface area contributed by atoms with Gasteiger partial charge in [0.1, 0.15) is 5.82 Å². The zero-order chi connectivity index (χ0) is 22.3. The van der Waals surface area contributed by atoms with Crippen molar-refractivity contribution in [3.05, 3.63) is 102 Å². The van der Waals surface area contributed by atoms with Crippen LogP contribution in [0.3, 0.4) is 0 Å². The van der Waals surface area contributed by atoms with E-state index in [0.29, 0.717) is 17.8 Å². The van der Waals surface area contributed by atoms with Gasteiger partial charge in [-0.15, -0.1) is 0 Å². The van der Waals surface area contributed by atoms with E-state index in [1.54, 1.807) is 24.4 Å². The summed E-state index contributed by atoms with van der Waals surface area (Å²) in [5, 5.41) is 10.5. The molecule has 4 aromatic rings. The lowest BCUT2D eigenvalue weighted by Crippen LogP contribution is -2.25. The first kappa shape index (κ1) is 21.5. The van der Waals surface area contributed by atoms with Crippen molar-refractivity contribution in [2.45, 2.75) is 12.5 Å². The van der Waals surface area contributed by atoms with Crippen LogP contribution in [0.25, 0.3) is 22.4 Å². The normalized spacial score (nSPS) is 11.8. The molecule has 4 rings (SSSR count). The highest BCUT2D eigenvalue weighted by molar-refractivity contribution is 5.69. The molecule has 1 unspecified atom stereocenters. The number of ether oxygens (including phenoxy) is 1. The first-order chi connectivity index (χ1) is 15.7. The molecule has 6 heteroatoms.